The molecule has 0 radical (unpaired) electrons. The summed E-state index contributed by atoms with van der Waals surface area (Å²) in [5, 5.41) is 2.68. The molecule has 7 heteroatoms. The van der Waals surface area contributed by atoms with Crippen molar-refractivity contribution in [3.05, 3.63) is 41.9 Å². The monoisotopic (exact) mass is 244 g/mol. The van der Waals surface area contributed by atoms with Crippen LogP contribution in [0.1, 0.15) is 22.0 Å². The SMILES string of the molecule is Cc1nccc(CNC(=O)c2cncc(N)n2)n1. The number of hydrogen-bond acceptors (Lipinski definition) is 6. The minimum atomic E-state index is -0.342. The van der Waals surface area contributed by atoms with Crippen LogP contribution in [0, 0.1) is 6.92 Å². The van der Waals surface area contributed by atoms with Crippen LogP contribution in [0.5, 0.6) is 0 Å². The maximum atomic E-state index is 11.7. The summed E-state index contributed by atoms with van der Waals surface area (Å²) < 4.78 is 0. The summed E-state index contributed by atoms with van der Waals surface area (Å²) in [6, 6.07) is 1.73. The molecule has 0 bridgehead atoms. The molecule has 0 aliphatic carbocycles. The Balaban J connectivity index is 2.00. The molecule has 0 aromatic carbocycles. The number of amides is 1. The first-order chi connectivity index (χ1) is 8.65. The lowest BCUT2D eigenvalue weighted by atomic mass is 10.3. The molecule has 2 aromatic rings. The van der Waals surface area contributed by atoms with E-state index in [-0.39, 0.29) is 17.4 Å². The van der Waals surface area contributed by atoms with Crippen molar-refractivity contribution >= 4 is 11.7 Å². The third kappa shape index (κ3) is 2.97. The Morgan fingerprint density at radius 2 is 2.22 bits per heavy atom. The normalized spacial score (nSPS) is 10.1. The highest BCUT2D eigenvalue weighted by Crippen LogP contribution is 1.99. The second-order valence-electron chi connectivity index (χ2n) is 3.61. The summed E-state index contributed by atoms with van der Waals surface area (Å²) in [6.45, 7) is 2.09. The van der Waals surface area contributed by atoms with Gasteiger partial charge in [-0.05, 0) is 13.0 Å². The largest absolute Gasteiger partial charge is 0.382 e. The minimum absolute atomic E-state index is 0.181. The molecule has 0 atom stereocenters. The number of nitrogen functional groups attached to an aromatic ring is 1. The molecule has 0 saturated heterocycles. The van der Waals surface area contributed by atoms with E-state index in [1.165, 1.54) is 12.4 Å². The quantitative estimate of drug-likeness (QED) is 0.792. The zero-order valence-corrected chi connectivity index (χ0v) is 9.79. The molecule has 0 saturated carbocycles. The molecule has 2 aromatic heterocycles. The van der Waals surface area contributed by atoms with Gasteiger partial charge >= 0.3 is 0 Å². The van der Waals surface area contributed by atoms with E-state index in [4.69, 9.17) is 5.73 Å². The van der Waals surface area contributed by atoms with E-state index in [1.54, 1.807) is 19.2 Å². The van der Waals surface area contributed by atoms with Crippen LogP contribution in [0.3, 0.4) is 0 Å². The van der Waals surface area contributed by atoms with Crippen LogP contribution >= 0.6 is 0 Å². The molecule has 2 heterocycles. The number of anilines is 1. The van der Waals surface area contributed by atoms with Crippen LogP contribution in [0.15, 0.2) is 24.7 Å². The molecule has 0 fully saturated rings. The summed E-state index contributed by atoms with van der Waals surface area (Å²) in [5.41, 5.74) is 6.36. The average Bonchev–Trinajstić information content (AvgIpc) is 2.36. The van der Waals surface area contributed by atoms with Crippen LogP contribution in [-0.4, -0.2) is 25.8 Å². The third-order valence-corrected chi connectivity index (χ3v) is 2.15. The fourth-order valence-corrected chi connectivity index (χ4v) is 1.36. The maximum Gasteiger partial charge on any atom is 0.271 e. The lowest BCUT2D eigenvalue weighted by Crippen LogP contribution is -2.24. The van der Waals surface area contributed by atoms with Crippen LogP contribution in [0.25, 0.3) is 0 Å². The molecule has 0 spiro atoms. The van der Waals surface area contributed by atoms with Gasteiger partial charge in [-0.1, -0.05) is 0 Å². The van der Waals surface area contributed by atoms with Gasteiger partial charge in [0.25, 0.3) is 5.91 Å². The number of nitrogens with zero attached hydrogens (tertiary/aromatic N) is 4. The van der Waals surface area contributed by atoms with Gasteiger partial charge in [0.2, 0.25) is 0 Å². The van der Waals surface area contributed by atoms with Crippen LogP contribution < -0.4 is 11.1 Å². The van der Waals surface area contributed by atoms with E-state index in [0.29, 0.717) is 12.4 Å². The van der Waals surface area contributed by atoms with E-state index in [1.807, 2.05) is 0 Å². The van der Waals surface area contributed by atoms with Gasteiger partial charge in [-0.3, -0.25) is 9.78 Å². The first kappa shape index (κ1) is 11.9. The van der Waals surface area contributed by atoms with Crippen molar-refractivity contribution in [2.45, 2.75) is 13.5 Å². The smallest absolute Gasteiger partial charge is 0.271 e. The van der Waals surface area contributed by atoms with Gasteiger partial charge < -0.3 is 11.1 Å². The van der Waals surface area contributed by atoms with Crippen molar-refractivity contribution in [2.75, 3.05) is 5.73 Å². The fraction of sp³-hybridized carbons (Fsp3) is 0.182. The van der Waals surface area contributed by atoms with Gasteiger partial charge in [0, 0.05) is 6.20 Å². The van der Waals surface area contributed by atoms with Crippen molar-refractivity contribution in [3.8, 4) is 0 Å². The topological polar surface area (TPSA) is 107 Å². The first-order valence-electron chi connectivity index (χ1n) is 5.29. The summed E-state index contributed by atoms with van der Waals surface area (Å²) >= 11 is 0. The maximum absolute atomic E-state index is 11.7. The van der Waals surface area contributed by atoms with Gasteiger partial charge in [-0.15, -0.1) is 0 Å². The van der Waals surface area contributed by atoms with Gasteiger partial charge in [-0.25, -0.2) is 15.0 Å². The lowest BCUT2D eigenvalue weighted by Gasteiger charge is -2.04. The number of carbonyl (C=O) groups is 1. The Kier molecular flexibility index (Phi) is 3.42. The van der Waals surface area contributed by atoms with E-state index in [9.17, 15) is 4.79 Å². The molecule has 1 amide bonds. The van der Waals surface area contributed by atoms with Crippen molar-refractivity contribution in [3.63, 3.8) is 0 Å². The van der Waals surface area contributed by atoms with E-state index < -0.39 is 0 Å². The van der Waals surface area contributed by atoms with Gasteiger partial charge in [0.15, 0.2) is 0 Å². The van der Waals surface area contributed by atoms with Crippen LogP contribution in [0.2, 0.25) is 0 Å². The third-order valence-electron chi connectivity index (χ3n) is 2.15. The molecule has 3 N–H and O–H groups in total. The Hall–Kier alpha value is -2.57. The average molecular weight is 244 g/mol. The molecule has 0 aliphatic rings. The number of nitrogens with one attached hydrogen (secondary N) is 1. The highest BCUT2D eigenvalue weighted by atomic mass is 16.1. The number of carbonyl (C=O) groups excluding carboxylic acids is 1. The number of aromatic nitrogens is 4. The summed E-state index contributed by atoms with van der Waals surface area (Å²) in [6.07, 6.45) is 4.38. The number of hydrogen-bond donors (Lipinski definition) is 2. The Morgan fingerprint density at radius 3 is 2.94 bits per heavy atom. The predicted molar refractivity (Wildman–Crippen MR) is 64.4 cm³/mol. The van der Waals surface area contributed by atoms with Crippen LogP contribution in [-0.2, 0) is 6.54 Å². The van der Waals surface area contributed by atoms with E-state index >= 15 is 0 Å². The van der Waals surface area contributed by atoms with Crippen molar-refractivity contribution in [2.24, 2.45) is 0 Å². The highest BCUT2D eigenvalue weighted by Gasteiger charge is 2.08. The van der Waals surface area contributed by atoms with Gasteiger partial charge in [0.05, 0.1) is 24.6 Å². The molecule has 0 aliphatic heterocycles. The standard InChI is InChI=1S/C11H12N6O/c1-7-14-3-2-8(16-7)4-15-11(18)9-5-13-6-10(12)17-9/h2-3,5-6H,4H2,1H3,(H2,12,17)(H,15,18). The summed E-state index contributed by atoms with van der Waals surface area (Å²) in [4.78, 5) is 27.6. The molecule has 0 unspecified atom stereocenters. The predicted octanol–water partition coefficient (Wildman–Crippen LogP) is 0.0872. The zero-order valence-electron chi connectivity index (χ0n) is 9.79. The van der Waals surface area contributed by atoms with Crippen molar-refractivity contribution < 1.29 is 4.79 Å². The van der Waals surface area contributed by atoms with Gasteiger partial charge in [0.1, 0.15) is 17.3 Å². The summed E-state index contributed by atoms with van der Waals surface area (Å²) in [5.74, 6) is 0.525. The first-order valence-corrected chi connectivity index (χ1v) is 5.29. The van der Waals surface area contributed by atoms with Crippen molar-refractivity contribution in [1.82, 2.24) is 25.3 Å². The Morgan fingerprint density at radius 1 is 1.39 bits per heavy atom. The lowest BCUT2D eigenvalue weighted by molar-refractivity contribution is 0.0945. The molecule has 2 rings (SSSR count). The molecule has 92 valence electrons. The second-order valence-corrected chi connectivity index (χ2v) is 3.61. The highest BCUT2D eigenvalue weighted by molar-refractivity contribution is 5.92. The fourth-order valence-electron chi connectivity index (χ4n) is 1.36. The number of rotatable bonds is 3. The van der Waals surface area contributed by atoms with Gasteiger partial charge in [-0.2, -0.15) is 0 Å². The number of aryl methyl sites for hydroxylation is 1. The van der Waals surface area contributed by atoms with Crippen molar-refractivity contribution in [1.29, 1.82) is 0 Å². The summed E-state index contributed by atoms with van der Waals surface area (Å²) in [7, 11) is 0. The molecule has 7 nitrogen and oxygen atoms in total. The minimum Gasteiger partial charge on any atom is -0.382 e. The van der Waals surface area contributed by atoms with E-state index in [2.05, 4.69) is 25.3 Å². The molecule has 18 heavy (non-hydrogen) atoms. The molecular weight excluding hydrogens is 232 g/mol. The molecular formula is C11H12N6O. The zero-order chi connectivity index (χ0) is 13.0. The van der Waals surface area contributed by atoms with E-state index in [0.717, 1.165) is 5.69 Å². The van der Waals surface area contributed by atoms with Crippen LogP contribution in [0.4, 0.5) is 5.82 Å². The Labute approximate surface area is 104 Å². The second kappa shape index (κ2) is 5.17. The number of nitrogens with two attached hydrogens (primary N) is 1. The Bertz CT molecular complexity index is 571.